The minimum atomic E-state index is -4.59. The van der Waals surface area contributed by atoms with Gasteiger partial charge in [0.05, 0.1) is 0 Å². The summed E-state index contributed by atoms with van der Waals surface area (Å²) < 4.78 is 48.5. The van der Waals surface area contributed by atoms with Gasteiger partial charge in [0, 0.05) is 42.5 Å². The molecule has 0 amide bonds. The van der Waals surface area contributed by atoms with E-state index >= 15 is 0 Å². The molecule has 0 aromatic carbocycles. The fourth-order valence-electron chi connectivity index (χ4n) is 1.28. The van der Waals surface area contributed by atoms with E-state index < -0.39 is 22.8 Å². The van der Waals surface area contributed by atoms with E-state index in [1.165, 1.54) is 13.1 Å². The van der Waals surface area contributed by atoms with E-state index in [0.29, 0.717) is 18.7 Å². The normalized spacial score (nSPS) is 13.1. The summed E-state index contributed by atoms with van der Waals surface area (Å²) >= 11 is 0. The van der Waals surface area contributed by atoms with Crippen molar-refractivity contribution in [2.24, 2.45) is 0 Å². The average Bonchev–Trinajstić information content (AvgIpc) is 2.33. The van der Waals surface area contributed by atoms with Crippen LogP contribution in [-0.4, -0.2) is 39.8 Å². The Labute approximate surface area is 111 Å². The van der Waals surface area contributed by atoms with Crippen LogP contribution in [0.15, 0.2) is 6.07 Å². The highest BCUT2D eigenvalue weighted by molar-refractivity contribution is 7.84. The lowest BCUT2D eigenvalue weighted by Gasteiger charge is -2.11. The Morgan fingerprint density at radius 1 is 1.32 bits per heavy atom. The van der Waals surface area contributed by atoms with Gasteiger partial charge < -0.3 is 10.6 Å². The van der Waals surface area contributed by atoms with Crippen LogP contribution >= 0.6 is 0 Å². The summed E-state index contributed by atoms with van der Waals surface area (Å²) in [6, 6.07) is 1.39. The van der Waals surface area contributed by atoms with Crippen LogP contribution < -0.4 is 10.6 Å². The number of rotatable bonds is 6. The predicted molar refractivity (Wildman–Crippen MR) is 68.6 cm³/mol. The molecule has 1 heterocycles. The molecule has 108 valence electrons. The zero-order valence-electron chi connectivity index (χ0n) is 10.5. The topological polar surface area (TPSA) is 66.9 Å². The van der Waals surface area contributed by atoms with Crippen LogP contribution in [0.25, 0.3) is 0 Å². The molecule has 1 atom stereocenters. The summed E-state index contributed by atoms with van der Waals surface area (Å²) in [6.45, 7) is 0.400. The summed E-state index contributed by atoms with van der Waals surface area (Å²) in [5, 5.41) is 5.31. The molecular formula is C10H15F3N4OS. The maximum absolute atomic E-state index is 12.6. The quantitative estimate of drug-likeness (QED) is 0.782. The zero-order chi connectivity index (χ0) is 14.5. The van der Waals surface area contributed by atoms with Gasteiger partial charge in [0.25, 0.3) is 0 Å². The third-order valence-corrected chi connectivity index (χ3v) is 3.01. The maximum atomic E-state index is 12.6. The minimum absolute atomic E-state index is 0.0869. The van der Waals surface area contributed by atoms with Gasteiger partial charge in [-0.2, -0.15) is 13.2 Å². The van der Waals surface area contributed by atoms with Gasteiger partial charge in [-0.3, -0.25) is 4.21 Å². The standard InChI is InChI=1S/C10H15F3N4OS/c1-14-7-6-8(15-4-3-5-19(2)18)17-9(16-7)10(11,12)13/h6H,3-5H2,1-2H3,(H2,14,15,16,17). The van der Waals surface area contributed by atoms with Crippen molar-refractivity contribution in [2.75, 3.05) is 36.2 Å². The molecule has 0 radical (unpaired) electrons. The van der Waals surface area contributed by atoms with Gasteiger partial charge in [0.2, 0.25) is 5.82 Å². The zero-order valence-corrected chi connectivity index (χ0v) is 11.4. The third kappa shape index (κ3) is 5.41. The highest BCUT2D eigenvalue weighted by Crippen LogP contribution is 2.28. The first-order valence-corrected chi connectivity index (χ1v) is 7.23. The molecule has 0 aliphatic carbocycles. The molecule has 0 bridgehead atoms. The molecule has 0 spiro atoms. The van der Waals surface area contributed by atoms with Crippen molar-refractivity contribution in [3.63, 3.8) is 0 Å². The van der Waals surface area contributed by atoms with Crippen LogP contribution in [0, 0.1) is 0 Å². The molecule has 19 heavy (non-hydrogen) atoms. The number of alkyl halides is 3. The van der Waals surface area contributed by atoms with Crippen molar-refractivity contribution in [1.29, 1.82) is 0 Å². The largest absolute Gasteiger partial charge is 0.451 e. The van der Waals surface area contributed by atoms with Crippen molar-refractivity contribution >= 4 is 22.4 Å². The first kappa shape index (κ1) is 15.7. The molecule has 1 aromatic heterocycles. The summed E-state index contributed by atoms with van der Waals surface area (Å²) in [5.41, 5.74) is 0. The smallest absolute Gasteiger partial charge is 0.373 e. The fraction of sp³-hybridized carbons (Fsp3) is 0.600. The minimum Gasteiger partial charge on any atom is -0.373 e. The van der Waals surface area contributed by atoms with Gasteiger partial charge in [-0.15, -0.1) is 0 Å². The molecule has 2 N–H and O–H groups in total. The second-order valence-electron chi connectivity index (χ2n) is 3.77. The monoisotopic (exact) mass is 296 g/mol. The maximum Gasteiger partial charge on any atom is 0.451 e. The van der Waals surface area contributed by atoms with Crippen molar-refractivity contribution in [3.05, 3.63) is 11.9 Å². The lowest BCUT2D eigenvalue weighted by atomic mass is 10.4. The lowest BCUT2D eigenvalue weighted by Crippen LogP contribution is -2.15. The third-order valence-electron chi connectivity index (χ3n) is 2.15. The second-order valence-corrected chi connectivity index (χ2v) is 5.32. The molecule has 1 aromatic rings. The van der Waals surface area contributed by atoms with Crippen LogP contribution in [-0.2, 0) is 17.0 Å². The summed E-state index contributed by atoms with van der Waals surface area (Å²) in [6.07, 6.45) is -2.43. The predicted octanol–water partition coefficient (Wildman–Crippen LogP) is 1.72. The molecular weight excluding hydrogens is 281 g/mol. The van der Waals surface area contributed by atoms with Crippen LogP contribution in [0.3, 0.4) is 0 Å². The molecule has 0 fully saturated rings. The van der Waals surface area contributed by atoms with Crippen molar-refractivity contribution < 1.29 is 17.4 Å². The highest BCUT2D eigenvalue weighted by atomic mass is 32.2. The van der Waals surface area contributed by atoms with Gasteiger partial charge in [-0.25, -0.2) is 9.97 Å². The van der Waals surface area contributed by atoms with Crippen LogP contribution in [0.2, 0.25) is 0 Å². The van der Waals surface area contributed by atoms with E-state index in [4.69, 9.17) is 0 Å². The summed E-state index contributed by atoms with van der Waals surface area (Å²) in [7, 11) is 0.566. The number of hydrogen-bond donors (Lipinski definition) is 2. The Hall–Kier alpha value is -1.38. The van der Waals surface area contributed by atoms with Crippen LogP contribution in [0.1, 0.15) is 12.2 Å². The fourth-order valence-corrected chi connectivity index (χ4v) is 1.84. The Kier molecular flexibility index (Phi) is 5.52. The van der Waals surface area contributed by atoms with E-state index in [1.54, 1.807) is 6.26 Å². The summed E-state index contributed by atoms with van der Waals surface area (Å²) in [4.78, 5) is 6.75. The van der Waals surface area contributed by atoms with Crippen LogP contribution in [0.5, 0.6) is 0 Å². The van der Waals surface area contributed by atoms with Gasteiger partial charge in [-0.05, 0) is 6.42 Å². The number of anilines is 2. The first-order valence-electron chi connectivity index (χ1n) is 5.51. The Morgan fingerprint density at radius 3 is 2.47 bits per heavy atom. The van der Waals surface area contributed by atoms with E-state index in [2.05, 4.69) is 20.6 Å². The first-order chi connectivity index (χ1) is 8.82. The van der Waals surface area contributed by atoms with Gasteiger partial charge in [0.15, 0.2) is 0 Å². The Bertz CT molecular complexity index is 453. The molecule has 0 saturated carbocycles. The highest BCUT2D eigenvalue weighted by Gasteiger charge is 2.35. The molecule has 5 nitrogen and oxygen atoms in total. The van der Waals surface area contributed by atoms with E-state index in [9.17, 15) is 17.4 Å². The van der Waals surface area contributed by atoms with Crippen molar-refractivity contribution in [2.45, 2.75) is 12.6 Å². The summed E-state index contributed by atoms with van der Waals surface area (Å²) in [5.74, 6) is -0.526. The molecule has 1 rings (SSSR count). The van der Waals surface area contributed by atoms with E-state index in [1.807, 2.05) is 0 Å². The number of hydrogen-bond acceptors (Lipinski definition) is 5. The number of nitrogens with zero attached hydrogens (tertiary/aromatic N) is 2. The molecule has 0 saturated heterocycles. The van der Waals surface area contributed by atoms with Crippen molar-refractivity contribution in [1.82, 2.24) is 9.97 Å². The average molecular weight is 296 g/mol. The van der Waals surface area contributed by atoms with Crippen molar-refractivity contribution in [3.8, 4) is 0 Å². The molecule has 0 aliphatic rings. The van der Waals surface area contributed by atoms with E-state index in [0.717, 1.165) is 0 Å². The molecule has 0 aliphatic heterocycles. The number of nitrogens with one attached hydrogen (secondary N) is 2. The van der Waals surface area contributed by atoms with Gasteiger partial charge >= 0.3 is 6.18 Å². The Morgan fingerprint density at radius 2 is 1.95 bits per heavy atom. The van der Waals surface area contributed by atoms with E-state index in [-0.39, 0.29) is 11.6 Å². The van der Waals surface area contributed by atoms with Crippen LogP contribution in [0.4, 0.5) is 24.8 Å². The number of aromatic nitrogens is 2. The Balaban J connectivity index is 2.74. The number of halogens is 3. The second kappa shape index (κ2) is 6.69. The van der Waals surface area contributed by atoms with Gasteiger partial charge in [-0.1, -0.05) is 0 Å². The lowest BCUT2D eigenvalue weighted by molar-refractivity contribution is -0.144. The SMILES string of the molecule is CNc1cc(NCCCS(C)=O)nc(C(F)(F)F)n1. The van der Waals surface area contributed by atoms with Gasteiger partial charge in [0.1, 0.15) is 11.6 Å². The molecule has 1 unspecified atom stereocenters. The molecule has 9 heteroatoms.